The van der Waals surface area contributed by atoms with Crippen molar-refractivity contribution < 1.29 is 32.8 Å². The zero-order valence-corrected chi connectivity index (χ0v) is 19.0. The monoisotopic (exact) mass is 480 g/mol. The Labute approximate surface area is 190 Å². The molecule has 1 amide bonds. The Morgan fingerprint density at radius 1 is 1.18 bits per heavy atom. The highest BCUT2D eigenvalue weighted by molar-refractivity contribution is 7.89. The molecule has 0 heterocycles. The lowest BCUT2D eigenvalue weighted by atomic mass is 10.1. The molecule has 0 aromatic heterocycles. The summed E-state index contributed by atoms with van der Waals surface area (Å²) in [6.45, 7) is 0.746. The summed E-state index contributed by atoms with van der Waals surface area (Å²) in [4.78, 5) is 35.1. The predicted molar refractivity (Wildman–Crippen MR) is 120 cm³/mol. The second-order valence-corrected chi connectivity index (χ2v) is 9.15. The van der Waals surface area contributed by atoms with E-state index in [9.17, 15) is 28.1 Å². The molecule has 2 aromatic carbocycles. The molecule has 0 radical (unpaired) electrons. The number of nitrogens with one attached hydrogen (secondary N) is 2. The largest absolute Gasteiger partial charge is 0.452 e. The summed E-state index contributed by atoms with van der Waals surface area (Å²) in [5.74, 6) is -1.73. The van der Waals surface area contributed by atoms with Crippen LogP contribution in [0.25, 0.3) is 0 Å². The first-order chi connectivity index (χ1) is 15.5. The van der Waals surface area contributed by atoms with E-state index in [-0.39, 0.29) is 40.7 Å². The van der Waals surface area contributed by atoms with Crippen molar-refractivity contribution in [2.45, 2.75) is 11.8 Å². The van der Waals surface area contributed by atoms with Crippen molar-refractivity contribution in [2.75, 3.05) is 44.5 Å². The van der Waals surface area contributed by atoms with Gasteiger partial charge in [0, 0.05) is 44.1 Å². The first-order valence-electron chi connectivity index (χ1n) is 9.60. The van der Waals surface area contributed by atoms with Gasteiger partial charge in [0.25, 0.3) is 11.6 Å². The fourth-order valence-electron chi connectivity index (χ4n) is 2.72. The van der Waals surface area contributed by atoms with Gasteiger partial charge in [-0.05, 0) is 30.7 Å². The molecule has 0 aliphatic rings. The number of ether oxygens (including phenoxy) is 1. The maximum Gasteiger partial charge on any atom is 0.341 e. The number of benzene rings is 2. The number of nitrogens with zero attached hydrogens (tertiary/aromatic N) is 2. The van der Waals surface area contributed by atoms with Gasteiger partial charge in [-0.3, -0.25) is 14.9 Å². The Hall–Kier alpha value is -3.55. The van der Waals surface area contributed by atoms with E-state index in [2.05, 4.69) is 10.6 Å². The SMILES string of the molecule is Cc1ccc(NC(=O)COC(=O)c2cc([N+](=O)[O-])ccc2NCCO)cc1S(=O)(=O)N(C)C. The average Bonchev–Trinajstić information content (AvgIpc) is 2.76. The fourth-order valence-corrected chi connectivity index (χ4v) is 3.86. The van der Waals surface area contributed by atoms with E-state index in [1.807, 2.05) is 0 Å². The van der Waals surface area contributed by atoms with E-state index in [0.29, 0.717) is 5.56 Å². The first kappa shape index (κ1) is 25.7. The maximum absolute atomic E-state index is 12.5. The van der Waals surface area contributed by atoms with Crippen LogP contribution in [0.3, 0.4) is 0 Å². The molecule has 3 N–H and O–H groups in total. The summed E-state index contributed by atoms with van der Waals surface area (Å²) in [5.41, 5.74) is 0.331. The molecule has 13 heteroatoms. The highest BCUT2D eigenvalue weighted by Crippen LogP contribution is 2.24. The van der Waals surface area contributed by atoms with Gasteiger partial charge in [-0.25, -0.2) is 17.5 Å². The fraction of sp³-hybridized carbons (Fsp3) is 0.300. The third kappa shape index (κ3) is 6.47. The number of aliphatic hydroxyl groups excluding tert-OH is 1. The molecule has 178 valence electrons. The van der Waals surface area contributed by atoms with E-state index in [4.69, 9.17) is 9.84 Å². The Morgan fingerprint density at radius 3 is 2.48 bits per heavy atom. The van der Waals surface area contributed by atoms with E-state index in [0.717, 1.165) is 10.4 Å². The van der Waals surface area contributed by atoms with Crippen molar-refractivity contribution in [1.82, 2.24) is 4.31 Å². The zero-order chi connectivity index (χ0) is 24.8. The highest BCUT2D eigenvalue weighted by atomic mass is 32.2. The molecule has 0 aliphatic heterocycles. The topological polar surface area (TPSA) is 168 Å². The lowest BCUT2D eigenvalue weighted by Gasteiger charge is -2.15. The van der Waals surface area contributed by atoms with Gasteiger partial charge in [0.15, 0.2) is 6.61 Å². The number of non-ortho nitro benzene ring substituents is 1. The Kier molecular flexibility index (Phi) is 8.45. The van der Waals surface area contributed by atoms with Gasteiger partial charge in [0.05, 0.1) is 22.0 Å². The van der Waals surface area contributed by atoms with Crippen molar-refractivity contribution in [3.63, 3.8) is 0 Å². The minimum absolute atomic E-state index is 0.0125. The molecule has 0 unspecified atom stereocenters. The maximum atomic E-state index is 12.5. The molecule has 0 fully saturated rings. The van der Waals surface area contributed by atoms with Crippen LogP contribution in [0.4, 0.5) is 17.1 Å². The van der Waals surface area contributed by atoms with Crippen LogP contribution in [0.5, 0.6) is 0 Å². The van der Waals surface area contributed by atoms with Gasteiger partial charge in [-0.15, -0.1) is 0 Å². The Balaban J connectivity index is 2.13. The number of esters is 1. The Morgan fingerprint density at radius 2 is 1.88 bits per heavy atom. The van der Waals surface area contributed by atoms with Gasteiger partial charge >= 0.3 is 5.97 Å². The van der Waals surface area contributed by atoms with Crippen molar-refractivity contribution in [2.24, 2.45) is 0 Å². The molecule has 0 saturated carbocycles. The smallest absolute Gasteiger partial charge is 0.341 e. The summed E-state index contributed by atoms with van der Waals surface area (Å²) >= 11 is 0. The number of carbonyl (C=O) groups excluding carboxylic acids is 2. The zero-order valence-electron chi connectivity index (χ0n) is 18.2. The van der Waals surface area contributed by atoms with Crippen molar-refractivity contribution in [3.8, 4) is 0 Å². The minimum atomic E-state index is -3.73. The van der Waals surface area contributed by atoms with Gasteiger partial charge in [-0.1, -0.05) is 6.07 Å². The van der Waals surface area contributed by atoms with E-state index in [1.165, 1.54) is 44.4 Å². The molecule has 0 atom stereocenters. The lowest BCUT2D eigenvalue weighted by Crippen LogP contribution is -2.24. The molecule has 12 nitrogen and oxygen atoms in total. The standard InChI is InChI=1S/C20H24N4O8S/c1-13-4-5-14(10-18(13)33(30,31)23(2)3)22-19(26)12-32-20(27)16-11-15(24(28)29)6-7-17(16)21-8-9-25/h4-7,10-11,21,25H,8-9,12H2,1-3H3,(H,22,26). The molecule has 33 heavy (non-hydrogen) atoms. The number of carbonyl (C=O) groups is 2. The molecule has 0 aliphatic carbocycles. The van der Waals surface area contributed by atoms with Crippen LogP contribution in [0, 0.1) is 17.0 Å². The normalized spacial score (nSPS) is 11.2. The quantitative estimate of drug-likeness (QED) is 0.258. The number of hydrogen-bond acceptors (Lipinski definition) is 9. The number of sulfonamides is 1. The predicted octanol–water partition coefficient (Wildman–Crippen LogP) is 1.35. The van der Waals surface area contributed by atoms with Crippen LogP contribution in [-0.4, -0.2) is 68.5 Å². The number of hydrogen-bond donors (Lipinski definition) is 3. The van der Waals surface area contributed by atoms with E-state index < -0.39 is 33.4 Å². The highest BCUT2D eigenvalue weighted by Gasteiger charge is 2.21. The summed E-state index contributed by atoms with van der Waals surface area (Å²) in [7, 11) is -0.962. The number of aliphatic hydroxyl groups is 1. The Bertz CT molecular complexity index is 1160. The average molecular weight is 480 g/mol. The number of nitro benzene ring substituents is 1. The molecule has 0 saturated heterocycles. The summed E-state index contributed by atoms with van der Waals surface area (Å²) in [6, 6.07) is 7.80. The van der Waals surface area contributed by atoms with Crippen LogP contribution < -0.4 is 10.6 Å². The van der Waals surface area contributed by atoms with Gasteiger partial charge in [0.2, 0.25) is 10.0 Å². The number of anilines is 2. The number of nitro groups is 1. The molecule has 2 aromatic rings. The van der Waals surface area contributed by atoms with E-state index in [1.54, 1.807) is 6.92 Å². The van der Waals surface area contributed by atoms with Crippen LogP contribution in [0.1, 0.15) is 15.9 Å². The van der Waals surface area contributed by atoms with Gasteiger partial charge in [-0.2, -0.15) is 0 Å². The van der Waals surface area contributed by atoms with Crippen molar-refractivity contribution >= 4 is 39.0 Å². The molecule has 2 rings (SSSR count). The van der Waals surface area contributed by atoms with Gasteiger partial charge in [0.1, 0.15) is 0 Å². The number of aryl methyl sites for hydroxylation is 1. The second-order valence-electron chi connectivity index (χ2n) is 7.03. The summed E-state index contributed by atoms with van der Waals surface area (Å²) < 4.78 is 30.9. The molecule has 0 bridgehead atoms. The number of rotatable bonds is 10. The van der Waals surface area contributed by atoms with Crippen LogP contribution >= 0.6 is 0 Å². The van der Waals surface area contributed by atoms with E-state index >= 15 is 0 Å². The lowest BCUT2D eigenvalue weighted by molar-refractivity contribution is -0.384. The molecule has 0 spiro atoms. The third-order valence-electron chi connectivity index (χ3n) is 4.43. The van der Waals surface area contributed by atoms with Gasteiger partial charge < -0.3 is 20.5 Å². The van der Waals surface area contributed by atoms with Crippen molar-refractivity contribution in [1.29, 1.82) is 0 Å². The third-order valence-corrected chi connectivity index (χ3v) is 6.38. The molecular weight excluding hydrogens is 456 g/mol. The van der Waals surface area contributed by atoms with Crippen LogP contribution in [-0.2, 0) is 19.6 Å². The molecular formula is C20H24N4O8S. The van der Waals surface area contributed by atoms with Crippen molar-refractivity contribution in [3.05, 3.63) is 57.6 Å². The second kappa shape index (κ2) is 10.8. The number of amides is 1. The summed E-state index contributed by atoms with van der Waals surface area (Å²) in [5, 5.41) is 25.2. The first-order valence-corrected chi connectivity index (χ1v) is 11.0. The van der Waals surface area contributed by atoms with Crippen LogP contribution in [0.2, 0.25) is 0 Å². The minimum Gasteiger partial charge on any atom is -0.452 e. The van der Waals surface area contributed by atoms with Crippen LogP contribution in [0.15, 0.2) is 41.3 Å². The summed E-state index contributed by atoms with van der Waals surface area (Å²) in [6.07, 6.45) is 0.